The Morgan fingerprint density at radius 3 is 2.64 bits per heavy atom. The Morgan fingerprint density at radius 1 is 1.43 bits per heavy atom. The fourth-order valence-corrected chi connectivity index (χ4v) is 1.11. The van der Waals surface area contributed by atoms with Crippen LogP contribution in [0.5, 0.6) is 0 Å². The molecule has 0 atom stereocenters. The molecule has 0 aromatic heterocycles. The van der Waals surface area contributed by atoms with Gasteiger partial charge in [-0.15, -0.1) is 0 Å². The van der Waals surface area contributed by atoms with Gasteiger partial charge in [0.2, 0.25) is 0 Å². The van der Waals surface area contributed by atoms with Crippen LogP contribution in [0.25, 0.3) is 0 Å². The molecule has 5 nitrogen and oxygen atoms in total. The molecule has 0 aliphatic carbocycles. The van der Waals surface area contributed by atoms with Gasteiger partial charge in [-0.05, 0) is 19.3 Å². The Labute approximate surface area is 83.6 Å². The zero-order valence-electron chi connectivity index (χ0n) is 8.44. The van der Waals surface area contributed by atoms with Crippen molar-refractivity contribution in [2.45, 2.75) is 26.2 Å². The van der Waals surface area contributed by atoms with Crippen molar-refractivity contribution < 1.29 is 19.4 Å². The van der Waals surface area contributed by atoms with Crippen LogP contribution in [0.4, 0.5) is 4.79 Å². The zero-order chi connectivity index (χ0) is 10.8. The molecular formula is C9H17NO4. The number of carbonyl (C=O) groups excluding carboxylic acids is 1. The van der Waals surface area contributed by atoms with Crippen LogP contribution in [0.3, 0.4) is 0 Å². The first-order chi connectivity index (χ1) is 6.72. The number of carboxylic acid groups (broad SMARTS) is 1. The highest BCUT2D eigenvalue weighted by Gasteiger charge is 2.08. The van der Waals surface area contributed by atoms with Crippen molar-refractivity contribution in [3.05, 3.63) is 0 Å². The van der Waals surface area contributed by atoms with Crippen molar-refractivity contribution in [2.75, 3.05) is 19.7 Å². The van der Waals surface area contributed by atoms with Gasteiger partial charge < -0.3 is 14.7 Å². The highest BCUT2D eigenvalue weighted by Crippen LogP contribution is 1.97. The van der Waals surface area contributed by atoms with E-state index in [0.717, 1.165) is 12.8 Å². The average Bonchev–Trinajstić information content (AvgIpc) is 2.15. The molecule has 0 rings (SSSR count). The molecule has 5 heteroatoms. The van der Waals surface area contributed by atoms with Gasteiger partial charge in [0, 0.05) is 13.1 Å². The van der Waals surface area contributed by atoms with E-state index in [2.05, 4.69) is 4.74 Å². The third-order valence-electron chi connectivity index (χ3n) is 1.77. The molecule has 0 unspecified atom stereocenters. The minimum atomic E-state index is -0.886. The summed E-state index contributed by atoms with van der Waals surface area (Å²) in [6, 6.07) is 0. The number of ether oxygens (including phenoxy) is 1. The summed E-state index contributed by atoms with van der Waals surface area (Å²) in [5, 5.41) is 8.75. The summed E-state index contributed by atoms with van der Waals surface area (Å²) in [6.07, 6.45) is 1.35. The topological polar surface area (TPSA) is 66.8 Å². The molecule has 82 valence electrons. The molecule has 0 heterocycles. The number of carbonyl (C=O) groups is 2. The second-order valence-corrected chi connectivity index (χ2v) is 2.94. The van der Waals surface area contributed by atoms with Crippen molar-refractivity contribution in [2.24, 2.45) is 0 Å². The summed E-state index contributed by atoms with van der Waals surface area (Å²) >= 11 is 0. The first-order valence-corrected chi connectivity index (χ1v) is 4.75. The number of nitrogens with zero attached hydrogens (tertiary/aromatic N) is 1. The van der Waals surface area contributed by atoms with E-state index in [9.17, 15) is 9.59 Å². The Kier molecular flexibility index (Phi) is 7.59. The van der Waals surface area contributed by atoms with Crippen LogP contribution in [-0.2, 0) is 9.53 Å². The van der Waals surface area contributed by atoms with Crippen molar-refractivity contribution in [1.29, 1.82) is 0 Å². The maximum absolute atomic E-state index is 10.6. The SMILES string of the molecule is CCCN(CCCCOC=O)C(=O)O. The molecule has 0 aliphatic rings. The largest absolute Gasteiger partial charge is 0.468 e. The van der Waals surface area contributed by atoms with Gasteiger partial charge in [-0.1, -0.05) is 6.92 Å². The van der Waals surface area contributed by atoms with Gasteiger partial charge in [0.15, 0.2) is 0 Å². The van der Waals surface area contributed by atoms with Crippen LogP contribution in [0.15, 0.2) is 0 Å². The van der Waals surface area contributed by atoms with Crippen molar-refractivity contribution in [3.63, 3.8) is 0 Å². The fourth-order valence-electron chi connectivity index (χ4n) is 1.11. The molecule has 0 aromatic carbocycles. The van der Waals surface area contributed by atoms with Crippen LogP contribution >= 0.6 is 0 Å². The Bertz CT molecular complexity index is 172. The lowest BCUT2D eigenvalue weighted by Crippen LogP contribution is -2.31. The van der Waals surface area contributed by atoms with Gasteiger partial charge in [-0.3, -0.25) is 4.79 Å². The highest BCUT2D eigenvalue weighted by molar-refractivity contribution is 5.64. The van der Waals surface area contributed by atoms with Gasteiger partial charge in [0.25, 0.3) is 6.47 Å². The van der Waals surface area contributed by atoms with Crippen LogP contribution in [0.1, 0.15) is 26.2 Å². The lowest BCUT2D eigenvalue weighted by atomic mass is 10.3. The first-order valence-electron chi connectivity index (χ1n) is 4.75. The highest BCUT2D eigenvalue weighted by atomic mass is 16.5. The van der Waals surface area contributed by atoms with Crippen molar-refractivity contribution in [1.82, 2.24) is 4.90 Å². The second kappa shape index (κ2) is 8.34. The van der Waals surface area contributed by atoms with E-state index in [4.69, 9.17) is 5.11 Å². The molecule has 0 aromatic rings. The lowest BCUT2D eigenvalue weighted by Gasteiger charge is -2.17. The molecule has 0 spiro atoms. The molecule has 1 amide bonds. The summed E-state index contributed by atoms with van der Waals surface area (Å²) < 4.78 is 4.49. The number of unbranched alkanes of at least 4 members (excludes halogenated alkanes) is 1. The molecule has 1 N–H and O–H groups in total. The van der Waals surface area contributed by atoms with E-state index in [1.165, 1.54) is 4.90 Å². The minimum absolute atomic E-state index is 0.364. The third-order valence-corrected chi connectivity index (χ3v) is 1.77. The van der Waals surface area contributed by atoms with E-state index >= 15 is 0 Å². The van der Waals surface area contributed by atoms with Crippen LogP contribution < -0.4 is 0 Å². The maximum Gasteiger partial charge on any atom is 0.407 e. The Balaban J connectivity index is 3.50. The van der Waals surface area contributed by atoms with Crippen LogP contribution in [-0.4, -0.2) is 42.3 Å². The molecule has 0 radical (unpaired) electrons. The smallest absolute Gasteiger partial charge is 0.407 e. The summed E-state index contributed by atoms with van der Waals surface area (Å²) in [6.45, 7) is 3.77. The van der Waals surface area contributed by atoms with E-state index in [0.29, 0.717) is 32.6 Å². The third kappa shape index (κ3) is 6.28. The average molecular weight is 203 g/mol. The number of amides is 1. The Hall–Kier alpha value is -1.26. The Morgan fingerprint density at radius 2 is 2.14 bits per heavy atom. The fraction of sp³-hybridized carbons (Fsp3) is 0.778. The van der Waals surface area contributed by atoms with Crippen molar-refractivity contribution >= 4 is 12.6 Å². The van der Waals surface area contributed by atoms with Crippen LogP contribution in [0.2, 0.25) is 0 Å². The summed E-state index contributed by atoms with van der Waals surface area (Å²) in [5.74, 6) is 0. The summed E-state index contributed by atoms with van der Waals surface area (Å²) in [4.78, 5) is 21.8. The first kappa shape index (κ1) is 12.7. The molecule has 0 saturated heterocycles. The van der Waals surface area contributed by atoms with Gasteiger partial charge in [-0.25, -0.2) is 4.79 Å². The van der Waals surface area contributed by atoms with Crippen LogP contribution in [0, 0.1) is 0 Å². The molecule has 0 fully saturated rings. The lowest BCUT2D eigenvalue weighted by molar-refractivity contribution is -0.128. The quantitative estimate of drug-likeness (QED) is 0.477. The monoisotopic (exact) mass is 203 g/mol. The number of rotatable bonds is 8. The standard InChI is InChI=1S/C9H17NO4/c1-2-5-10(9(12)13)6-3-4-7-14-8-11/h8H,2-7H2,1H3,(H,12,13). The zero-order valence-corrected chi connectivity index (χ0v) is 8.44. The van der Waals surface area contributed by atoms with E-state index < -0.39 is 6.09 Å². The number of hydrogen-bond acceptors (Lipinski definition) is 3. The van der Waals surface area contributed by atoms with Crippen molar-refractivity contribution in [3.8, 4) is 0 Å². The van der Waals surface area contributed by atoms with Gasteiger partial charge >= 0.3 is 6.09 Å². The van der Waals surface area contributed by atoms with Gasteiger partial charge in [0.05, 0.1) is 6.61 Å². The molecule has 0 bridgehead atoms. The summed E-state index contributed by atoms with van der Waals surface area (Å²) in [5.41, 5.74) is 0. The van der Waals surface area contributed by atoms with Gasteiger partial charge in [0.1, 0.15) is 0 Å². The van der Waals surface area contributed by atoms with E-state index in [1.54, 1.807) is 0 Å². The van der Waals surface area contributed by atoms with E-state index in [1.807, 2.05) is 6.92 Å². The van der Waals surface area contributed by atoms with E-state index in [-0.39, 0.29) is 0 Å². The second-order valence-electron chi connectivity index (χ2n) is 2.94. The molecule has 14 heavy (non-hydrogen) atoms. The molecular weight excluding hydrogens is 186 g/mol. The normalized spacial score (nSPS) is 9.50. The molecule has 0 aliphatic heterocycles. The molecule has 0 saturated carbocycles. The maximum atomic E-state index is 10.6. The predicted octanol–water partition coefficient (Wildman–Crippen LogP) is 1.33. The number of hydrogen-bond donors (Lipinski definition) is 1. The minimum Gasteiger partial charge on any atom is -0.468 e. The van der Waals surface area contributed by atoms with Gasteiger partial charge in [-0.2, -0.15) is 0 Å². The predicted molar refractivity (Wildman–Crippen MR) is 51.1 cm³/mol. The summed E-state index contributed by atoms with van der Waals surface area (Å²) in [7, 11) is 0.